The molecule has 9 nitrogen and oxygen atoms in total. The van der Waals surface area contributed by atoms with E-state index in [9.17, 15) is 10.4 Å². The van der Waals surface area contributed by atoms with Crippen LogP contribution in [-0.4, -0.2) is 33.3 Å². The molecular weight excluding hydrogens is 146 g/mol. The van der Waals surface area contributed by atoms with E-state index in [-0.39, 0.29) is 0 Å². The van der Waals surface area contributed by atoms with E-state index in [0.29, 0.717) is 5.12 Å². The Bertz CT molecular complexity index is 85.7. The first-order valence-corrected chi connectivity index (χ1v) is 2.11. The Morgan fingerprint density at radius 3 is 2.00 bits per heavy atom. The molecule has 10 heavy (non-hydrogen) atoms. The molecule has 0 amide bonds. The Labute approximate surface area is 56.0 Å². The molecule has 0 aromatic rings. The summed E-state index contributed by atoms with van der Waals surface area (Å²) < 4.78 is 0. The fourth-order valence-electron chi connectivity index (χ4n) is 0.158. The lowest BCUT2D eigenvalue weighted by molar-refractivity contribution is -0.359. The Hall–Kier alpha value is -0.360. The standard InChI is InChI=1S/CH7N5O4/c1-4(6(9)10)2-3-5(7)8/h2-3,7-8H,1H3/q-2. The predicted octanol–water partition coefficient (Wildman–Crippen LogP) is -1.86. The maximum absolute atomic E-state index is 9.76. The normalized spacial score (nSPS) is 12.0. The Morgan fingerprint density at radius 1 is 1.20 bits per heavy atom. The van der Waals surface area contributed by atoms with Crippen molar-refractivity contribution >= 4 is 0 Å². The zero-order valence-corrected chi connectivity index (χ0v) is 5.05. The number of hydrogen-bond donors (Lipinski definition) is 4. The van der Waals surface area contributed by atoms with Crippen molar-refractivity contribution in [3.63, 3.8) is 0 Å². The van der Waals surface area contributed by atoms with Gasteiger partial charge in [0, 0.05) is 12.4 Å². The predicted molar refractivity (Wildman–Crippen MR) is 28.0 cm³/mol. The maximum Gasteiger partial charge on any atom is 0.0210 e. The van der Waals surface area contributed by atoms with Crippen molar-refractivity contribution in [2.75, 3.05) is 7.05 Å². The van der Waals surface area contributed by atoms with Gasteiger partial charge in [0.05, 0.1) is 0 Å². The average molecular weight is 153 g/mol. The summed E-state index contributed by atoms with van der Waals surface area (Å²) in [5, 5.41) is 34.5. The van der Waals surface area contributed by atoms with E-state index in [0.717, 1.165) is 7.05 Å². The van der Waals surface area contributed by atoms with E-state index >= 15 is 0 Å². The summed E-state index contributed by atoms with van der Waals surface area (Å²) in [5.74, 6) is 0. The van der Waals surface area contributed by atoms with Crippen LogP contribution in [0.15, 0.2) is 0 Å². The van der Waals surface area contributed by atoms with E-state index in [1.807, 2.05) is 0 Å². The number of rotatable bonds is 4. The van der Waals surface area contributed by atoms with Crippen molar-refractivity contribution in [3.8, 4) is 0 Å². The molecule has 0 aliphatic rings. The molecule has 0 aliphatic carbocycles. The summed E-state index contributed by atoms with van der Waals surface area (Å²) in [5.41, 5.74) is 3.40. The second kappa shape index (κ2) is 4.45. The summed E-state index contributed by atoms with van der Waals surface area (Å²) in [4.78, 5) is 0. The lowest BCUT2D eigenvalue weighted by atomic mass is 11.4. The molecule has 0 saturated heterocycles. The highest BCUT2D eigenvalue weighted by Crippen LogP contribution is 1.78. The Morgan fingerprint density at radius 2 is 1.70 bits per heavy atom. The topological polar surface area (TPSA) is 120 Å². The number of nitrogens with zero attached hydrogens (tertiary/aromatic N) is 3. The molecule has 62 valence electrons. The molecule has 9 heteroatoms. The van der Waals surface area contributed by atoms with E-state index in [1.165, 1.54) is 0 Å². The molecule has 4 N–H and O–H groups in total. The van der Waals surface area contributed by atoms with Gasteiger partial charge in [-0.25, -0.2) is 0 Å². The third kappa shape index (κ3) is 4.51. The Balaban J connectivity index is 3.30. The van der Waals surface area contributed by atoms with E-state index in [4.69, 9.17) is 10.4 Å². The van der Waals surface area contributed by atoms with Gasteiger partial charge in [-0.2, -0.15) is 10.7 Å². The van der Waals surface area contributed by atoms with Gasteiger partial charge in [0.1, 0.15) is 0 Å². The van der Waals surface area contributed by atoms with Crippen LogP contribution in [0.1, 0.15) is 0 Å². The Kier molecular flexibility index (Phi) is 4.29. The third-order valence-corrected chi connectivity index (χ3v) is 0.557. The number of hydrazine groups is 4. The zero-order valence-electron chi connectivity index (χ0n) is 5.05. The van der Waals surface area contributed by atoms with Gasteiger partial charge >= 0.3 is 0 Å². The van der Waals surface area contributed by atoms with Crippen LogP contribution in [0.3, 0.4) is 0 Å². The third-order valence-electron chi connectivity index (χ3n) is 0.557. The molecular formula is CH7N5O4-2. The summed E-state index contributed by atoms with van der Waals surface area (Å²) >= 11 is 0. The summed E-state index contributed by atoms with van der Waals surface area (Å²) in [6.45, 7) is 0. The average Bonchev–Trinajstić information content (AvgIpc) is 1.82. The van der Waals surface area contributed by atoms with Gasteiger partial charge in [-0.05, 0) is 0 Å². The molecule has 0 aromatic carbocycles. The van der Waals surface area contributed by atoms with Gasteiger partial charge in [0.25, 0.3) is 0 Å². The molecule has 0 bridgehead atoms. The van der Waals surface area contributed by atoms with Crippen LogP contribution in [0, 0.1) is 10.4 Å². The molecule has 0 fully saturated rings. The van der Waals surface area contributed by atoms with Crippen molar-refractivity contribution in [2.24, 2.45) is 0 Å². The van der Waals surface area contributed by atoms with Gasteiger partial charge in [-0.1, -0.05) is 0 Å². The van der Waals surface area contributed by atoms with Crippen molar-refractivity contribution < 1.29 is 10.4 Å². The maximum atomic E-state index is 9.76. The monoisotopic (exact) mass is 153 g/mol. The van der Waals surface area contributed by atoms with Crippen molar-refractivity contribution in [2.45, 2.75) is 0 Å². The smallest absolute Gasteiger partial charge is 0.0210 e. The highest BCUT2D eigenvalue weighted by molar-refractivity contribution is 4.43. The van der Waals surface area contributed by atoms with E-state index < -0.39 is 10.7 Å². The first-order valence-electron chi connectivity index (χ1n) is 2.11. The second-order valence-electron chi connectivity index (χ2n) is 1.27. The summed E-state index contributed by atoms with van der Waals surface area (Å²) in [7, 11) is 1.07. The van der Waals surface area contributed by atoms with Gasteiger partial charge in [-0.15, -0.1) is 5.53 Å². The minimum absolute atomic E-state index is 0.388. The highest BCUT2D eigenvalue weighted by atomic mass is 16.9. The SMILES string of the molecule is CN(NNN(O)O)N([O-])[O-]. The fraction of sp³-hybridized carbons (Fsp3) is 1.00. The lowest BCUT2D eigenvalue weighted by Gasteiger charge is -2.42. The van der Waals surface area contributed by atoms with Crippen LogP contribution in [-0.2, 0) is 0 Å². The second-order valence-corrected chi connectivity index (χ2v) is 1.27. The molecule has 0 aliphatic heterocycles. The van der Waals surface area contributed by atoms with Crippen molar-refractivity contribution in [1.82, 2.24) is 26.9 Å². The van der Waals surface area contributed by atoms with Crippen LogP contribution in [0.4, 0.5) is 0 Å². The van der Waals surface area contributed by atoms with Crippen LogP contribution in [0.2, 0.25) is 0 Å². The summed E-state index contributed by atoms with van der Waals surface area (Å²) in [6, 6.07) is 0. The van der Waals surface area contributed by atoms with Crippen LogP contribution >= 0.6 is 0 Å². The number of hydrogen-bond acceptors (Lipinski definition) is 9. The minimum atomic E-state index is -0.809. The zero-order chi connectivity index (χ0) is 8.15. The largest absolute Gasteiger partial charge is 0.782 e. The molecule has 0 saturated carbocycles. The van der Waals surface area contributed by atoms with Crippen molar-refractivity contribution in [1.29, 1.82) is 0 Å². The van der Waals surface area contributed by atoms with E-state index in [1.54, 1.807) is 11.1 Å². The molecule has 0 unspecified atom stereocenters. The lowest BCUT2D eigenvalue weighted by Crippen LogP contribution is -2.54. The summed E-state index contributed by atoms with van der Waals surface area (Å²) in [6.07, 6.45) is 0. The quantitative estimate of drug-likeness (QED) is 0.344. The molecule has 0 spiro atoms. The van der Waals surface area contributed by atoms with Crippen LogP contribution in [0.5, 0.6) is 0 Å². The first kappa shape index (κ1) is 9.64. The van der Waals surface area contributed by atoms with Crippen LogP contribution in [0.25, 0.3) is 0 Å². The molecule has 0 radical (unpaired) electrons. The van der Waals surface area contributed by atoms with Crippen molar-refractivity contribution in [3.05, 3.63) is 10.4 Å². The van der Waals surface area contributed by atoms with Gasteiger partial charge in [0.2, 0.25) is 0 Å². The first-order chi connectivity index (χ1) is 4.54. The fourth-order valence-corrected chi connectivity index (χ4v) is 0.158. The van der Waals surface area contributed by atoms with Gasteiger partial charge < -0.3 is 15.8 Å². The molecule has 0 rings (SSSR count). The van der Waals surface area contributed by atoms with Gasteiger partial charge in [-0.3, -0.25) is 10.4 Å². The van der Waals surface area contributed by atoms with E-state index in [2.05, 4.69) is 0 Å². The molecule has 0 heterocycles. The number of nitrogens with one attached hydrogen (secondary N) is 2. The molecule has 0 aromatic heterocycles. The highest BCUT2D eigenvalue weighted by Gasteiger charge is 1.91. The molecule has 0 atom stereocenters. The van der Waals surface area contributed by atoms with Crippen LogP contribution < -0.4 is 11.1 Å². The van der Waals surface area contributed by atoms with Gasteiger partial charge in [0.15, 0.2) is 0 Å². The minimum Gasteiger partial charge on any atom is -0.782 e.